The van der Waals surface area contributed by atoms with E-state index in [-0.39, 0.29) is 0 Å². The standard InChI is InChI=1S/C26H27N3O3S/c1-4-16-32-24-14-12-23(13-15-24)19-29(18-22-10-8-21(17-27)9-11-22)26-7-5-6-25(20(26)2)28-33(3,30)31/h4-15,28H,1,16,18-19H2,2-3H3. The van der Waals surface area contributed by atoms with Crippen LogP contribution in [-0.4, -0.2) is 21.3 Å². The first kappa shape index (κ1) is 23.9. The van der Waals surface area contributed by atoms with Crippen LogP contribution in [0.25, 0.3) is 0 Å². The summed E-state index contributed by atoms with van der Waals surface area (Å²) in [6.45, 7) is 7.20. The Morgan fingerprint density at radius 1 is 1.03 bits per heavy atom. The Morgan fingerprint density at radius 2 is 1.64 bits per heavy atom. The van der Waals surface area contributed by atoms with E-state index in [4.69, 9.17) is 10.00 Å². The smallest absolute Gasteiger partial charge is 0.229 e. The molecule has 0 amide bonds. The number of nitrogens with zero attached hydrogens (tertiary/aromatic N) is 2. The Labute approximate surface area is 195 Å². The summed E-state index contributed by atoms with van der Waals surface area (Å²) < 4.78 is 31.8. The lowest BCUT2D eigenvalue weighted by Crippen LogP contribution is -2.23. The first-order valence-electron chi connectivity index (χ1n) is 10.4. The van der Waals surface area contributed by atoms with Gasteiger partial charge in [-0.15, -0.1) is 0 Å². The molecule has 6 nitrogen and oxygen atoms in total. The molecule has 0 bridgehead atoms. The number of benzene rings is 3. The van der Waals surface area contributed by atoms with E-state index in [1.54, 1.807) is 24.3 Å². The van der Waals surface area contributed by atoms with Crippen LogP contribution in [0, 0.1) is 18.3 Å². The summed E-state index contributed by atoms with van der Waals surface area (Å²) in [5.41, 5.74) is 5.03. The van der Waals surface area contributed by atoms with Crippen molar-refractivity contribution in [2.24, 2.45) is 0 Å². The van der Waals surface area contributed by atoms with E-state index in [1.165, 1.54) is 0 Å². The van der Waals surface area contributed by atoms with Crippen LogP contribution in [0.4, 0.5) is 11.4 Å². The van der Waals surface area contributed by atoms with Gasteiger partial charge in [0.15, 0.2) is 0 Å². The average molecular weight is 462 g/mol. The number of nitriles is 1. The molecule has 0 spiro atoms. The van der Waals surface area contributed by atoms with Gasteiger partial charge in [-0.25, -0.2) is 8.42 Å². The summed E-state index contributed by atoms with van der Waals surface area (Å²) in [7, 11) is -3.40. The van der Waals surface area contributed by atoms with Crippen molar-refractivity contribution >= 4 is 21.4 Å². The quantitative estimate of drug-likeness (QED) is 0.429. The zero-order valence-electron chi connectivity index (χ0n) is 18.8. The highest BCUT2D eigenvalue weighted by Gasteiger charge is 2.15. The van der Waals surface area contributed by atoms with Gasteiger partial charge < -0.3 is 9.64 Å². The van der Waals surface area contributed by atoms with Crippen molar-refractivity contribution in [3.63, 3.8) is 0 Å². The van der Waals surface area contributed by atoms with Gasteiger partial charge in [-0.3, -0.25) is 4.72 Å². The van der Waals surface area contributed by atoms with Gasteiger partial charge in [0.1, 0.15) is 12.4 Å². The number of rotatable bonds is 10. The van der Waals surface area contributed by atoms with Crippen LogP contribution in [0.15, 0.2) is 79.4 Å². The Balaban J connectivity index is 1.94. The van der Waals surface area contributed by atoms with Crippen LogP contribution in [0.2, 0.25) is 0 Å². The molecule has 33 heavy (non-hydrogen) atoms. The maximum absolute atomic E-state index is 11.8. The number of hydrogen-bond donors (Lipinski definition) is 1. The number of ether oxygens (including phenoxy) is 1. The first-order valence-corrected chi connectivity index (χ1v) is 12.3. The molecule has 0 atom stereocenters. The van der Waals surface area contributed by atoms with Gasteiger partial charge in [-0.05, 0) is 60.0 Å². The van der Waals surface area contributed by atoms with Crippen molar-refractivity contribution in [3.05, 3.63) is 102 Å². The number of sulfonamides is 1. The Bertz CT molecular complexity index is 1250. The Morgan fingerprint density at radius 3 is 2.18 bits per heavy atom. The third-order valence-corrected chi connectivity index (χ3v) is 5.65. The van der Waals surface area contributed by atoms with E-state index in [9.17, 15) is 8.42 Å². The third-order valence-electron chi connectivity index (χ3n) is 5.06. The minimum absolute atomic E-state index is 0.448. The largest absolute Gasteiger partial charge is 0.490 e. The molecule has 3 aromatic rings. The van der Waals surface area contributed by atoms with E-state index >= 15 is 0 Å². The summed E-state index contributed by atoms with van der Waals surface area (Å²) in [5, 5.41) is 9.09. The zero-order valence-corrected chi connectivity index (χ0v) is 19.6. The normalized spacial score (nSPS) is 10.8. The molecule has 3 aromatic carbocycles. The van der Waals surface area contributed by atoms with Crippen LogP contribution in [0.1, 0.15) is 22.3 Å². The van der Waals surface area contributed by atoms with Gasteiger partial charge in [0.25, 0.3) is 0 Å². The predicted octanol–water partition coefficient (Wildman–Crippen LogP) is 5.01. The van der Waals surface area contributed by atoms with Crippen LogP contribution in [0.5, 0.6) is 5.75 Å². The minimum atomic E-state index is -3.40. The predicted molar refractivity (Wildman–Crippen MR) is 133 cm³/mol. The molecule has 0 heterocycles. The molecular formula is C26H27N3O3S. The fraction of sp³-hybridized carbons (Fsp3) is 0.192. The topological polar surface area (TPSA) is 82.4 Å². The molecule has 7 heteroatoms. The molecule has 3 rings (SSSR count). The molecule has 0 saturated carbocycles. The molecule has 0 saturated heterocycles. The van der Waals surface area contributed by atoms with E-state index in [2.05, 4.69) is 22.3 Å². The first-order chi connectivity index (χ1) is 15.8. The Kier molecular flexibility index (Phi) is 7.75. The van der Waals surface area contributed by atoms with E-state index in [0.717, 1.165) is 34.4 Å². The van der Waals surface area contributed by atoms with Crippen molar-refractivity contribution in [1.29, 1.82) is 5.26 Å². The molecule has 0 aliphatic heterocycles. The van der Waals surface area contributed by atoms with Crippen LogP contribution in [-0.2, 0) is 23.1 Å². The number of nitrogens with one attached hydrogen (secondary N) is 1. The zero-order chi connectivity index (χ0) is 23.8. The molecule has 0 aromatic heterocycles. The molecule has 0 radical (unpaired) electrons. The van der Waals surface area contributed by atoms with E-state index in [0.29, 0.717) is 30.9 Å². The summed E-state index contributed by atoms with van der Waals surface area (Å²) in [6, 6.07) is 23.1. The van der Waals surface area contributed by atoms with Gasteiger partial charge in [-0.1, -0.05) is 43.0 Å². The van der Waals surface area contributed by atoms with Crippen LogP contribution in [0.3, 0.4) is 0 Å². The van der Waals surface area contributed by atoms with Gasteiger partial charge in [0, 0.05) is 18.8 Å². The van der Waals surface area contributed by atoms with Crippen molar-refractivity contribution < 1.29 is 13.2 Å². The van der Waals surface area contributed by atoms with Crippen molar-refractivity contribution in [2.45, 2.75) is 20.0 Å². The highest BCUT2D eigenvalue weighted by Crippen LogP contribution is 2.30. The van der Waals surface area contributed by atoms with Gasteiger partial charge in [0.05, 0.1) is 23.6 Å². The molecule has 1 N–H and O–H groups in total. The molecule has 0 unspecified atom stereocenters. The lowest BCUT2D eigenvalue weighted by molar-refractivity contribution is 0.363. The molecule has 0 fully saturated rings. The molecule has 170 valence electrons. The summed E-state index contributed by atoms with van der Waals surface area (Å²) in [4.78, 5) is 2.18. The fourth-order valence-corrected chi connectivity index (χ4v) is 4.09. The monoisotopic (exact) mass is 461 g/mol. The Hall–Kier alpha value is -3.76. The van der Waals surface area contributed by atoms with Crippen LogP contribution >= 0.6 is 0 Å². The average Bonchev–Trinajstić information content (AvgIpc) is 2.79. The van der Waals surface area contributed by atoms with E-state index < -0.39 is 10.0 Å². The number of anilines is 2. The maximum atomic E-state index is 11.8. The highest BCUT2D eigenvalue weighted by atomic mass is 32.2. The molecular weight excluding hydrogens is 434 g/mol. The van der Waals surface area contributed by atoms with Gasteiger partial charge in [-0.2, -0.15) is 5.26 Å². The molecule has 0 aliphatic carbocycles. The lowest BCUT2D eigenvalue weighted by atomic mass is 10.1. The maximum Gasteiger partial charge on any atom is 0.229 e. The fourth-order valence-electron chi connectivity index (χ4n) is 3.47. The van der Waals surface area contributed by atoms with Crippen LogP contribution < -0.4 is 14.4 Å². The van der Waals surface area contributed by atoms with Gasteiger partial charge >= 0.3 is 0 Å². The minimum Gasteiger partial charge on any atom is -0.490 e. The second-order valence-corrected chi connectivity index (χ2v) is 9.48. The SMILES string of the molecule is C=CCOc1ccc(CN(Cc2ccc(C#N)cc2)c2cccc(NS(C)(=O)=O)c2C)cc1. The van der Waals surface area contributed by atoms with Crippen molar-refractivity contribution in [2.75, 3.05) is 22.5 Å². The highest BCUT2D eigenvalue weighted by molar-refractivity contribution is 7.92. The number of hydrogen-bond acceptors (Lipinski definition) is 5. The second kappa shape index (κ2) is 10.7. The van der Waals surface area contributed by atoms with Crippen molar-refractivity contribution in [1.82, 2.24) is 0 Å². The third kappa shape index (κ3) is 6.86. The molecule has 0 aliphatic rings. The summed E-state index contributed by atoms with van der Waals surface area (Å²) in [5.74, 6) is 0.771. The lowest BCUT2D eigenvalue weighted by Gasteiger charge is -2.28. The van der Waals surface area contributed by atoms with Gasteiger partial charge in [0.2, 0.25) is 10.0 Å². The summed E-state index contributed by atoms with van der Waals surface area (Å²) in [6.07, 6.45) is 2.84. The summed E-state index contributed by atoms with van der Waals surface area (Å²) >= 11 is 0. The second-order valence-electron chi connectivity index (χ2n) is 7.73. The van der Waals surface area contributed by atoms with Crippen molar-refractivity contribution in [3.8, 4) is 11.8 Å². The van der Waals surface area contributed by atoms with E-state index in [1.807, 2.05) is 55.5 Å².